The molecule has 1 aliphatic heterocycles. The Bertz CT molecular complexity index is 791. The minimum Gasteiger partial charge on any atom is -0.444 e. The normalized spacial score (nSPS) is 15.3. The number of carbonyl (C=O) groups is 1. The summed E-state index contributed by atoms with van der Waals surface area (Å²) in [6.45, 7) is 10.2. The molecule has 0 unspecified atom stereocenters. The van der Waals surface area contributed by atoms with Crippen LogP contribution in [0.5, 0.6) is 0 Å². The molecule has 0 bridgehead atoms. The van der Waals surface area contributed by atoms with Gasteiger partial charge in [0.2, 0.25) is 0 Å². The van der Waals surface area contributed by atoms with Gasteiger partial charge in [-0.1, -0.05) is 0 Å². The van der Waals surface area contributed by atoms with Crippen molar-refractivity contribution < 1.29 is 9.53 Å². The molecule has 26 heavy (non-hydrogen) atoms. The van der Waals surface area contributed by atoms with Crippen LogP contribution in [0.2, 0.25) is 0 Å². The first kappa shape index (κ1) is 18.7. The highest BCUT2D eigenvalue weighted by atomic mass is 79.9. The van der Waals surface area contributed by atoms with Gasteiger partial charge >= 0.3 is 6.09 Å². The van der Waals surface area contributed by atoms with Crippen LogP contribution in [0, 0.1) is 6.92 Å². The minimum absolute atomic E-state index is 0.260. The number of pyridine rings is 1. The highest BCUT2D eigenvalue weighted by Gasteiger charge is 2.27. The van der Waals surface area contributed by atoms with Gasteiger partial charge in [0, 0.05) is 43.0 Å². The number of ether oxygens (including phenoxy) is 1. The minimum atomic E-state index is -0.480. The number of carbonyl (C=O) groups excluding carboxylic acids is 1. The Morgan fingerprint density at radius 2 is 1.88 bits per heavy atom. The lowest BCUT2D eigenvalue weighted by molar-refractivity contribution is 0.0240. The van der Waals surface area contributed by atoms with Crippen molar-refractivity contribution in [2.75, 3.05) is 31.1 Å². The molecule has 1 amide bonds. The first-order chi connectivity index (χ1) is 12.2. The number of hydrogen-bond donors (Lipinski definition) is 0. The lowest BCUT2D eigenvalue weighted by Gasteiger charge is -2.36. The second-order valence-electron chi connectivity index (χ2n) is 7.41. The summed E-state index contributed by atoms with van der Waals surface area (Å²) in [4.78, 5) is 20.8. The predicted molar refractivity (Wildman–Crippen MR) is 104 cm³/mol. The third-order valence-electron chi connectivity index (χ3n) is 4.00. The van der Waals surface area contributed by atoms with Gasteiger partial charge in [0.25, 0.3) is 0 Å². The molecule has 1 saturated heterocycles. The number of aromatic nitrogens is 3. The topological polar surface area (TPSA) is 63.5 Å². The van der Waals surface area contributed by atoms with Crippen LogP contribution in [0.15, 0.2) is 29.1 Å². The van der Waals surface area contributed by atoms with Crippen molar-refractivity contribution in [1.29, 1.82) is 0 Å². The lowest BCUT2D eigenvalue weighted by Crippen LogP contribution is -2.50. The molecule has 0 aliphatic carbocycles. The van der Waals surface area contributed by atoms with Crippen LogP contribution < -0.4 is 4.90 Å². The molecule has 2 aromatic rings. The summed E-state index contributed by atoms with van der Waals surface area (Å²) < 4.78 is 8.20. The first-order valence-corrected chi connectivity index (χ1v) is 9.42. The fourth-order valence-electron chi connectivity index (χ4n) is 2.81. The van der Waals surface area contributed by atoms with Gasteiger partial charge in [0.1, 0.15) is 11.3 Å². The van der Waals surface area contributed by atoms with E-state index in [9.17, 15) is 4.79 Å². The molecule has 3 rings (SSSR count). The number of nitrogens with zero attached hydrogens (tertiary/aromatic N) is 5. The molecule has 3 heterocycles. The largest absolute Gasteiger partial charge is 0.444 e. The standard InChI is InChI=1S/C18H24BrN5O2/c1-13-10-21-24(12-13)15-9-14(19)11-20-16(15)22-5-7-23(8-6-22)17(25)26-18(2,3)4/h9-12H,5-8H2,1-4H3. The fraction of sp³-hybridized carbons (Fsp3) is 0.500. The van der Waals surface area contributed by atoms with Crippen LogP contribution >= 0.6 is 15.9 Å². The highest BCUT2D eigenvalue weighted by molar-refractivity contribution is 9.10. The van der Waals surface area contributed by atoms with Crippen LogP contribution in [-0.4, -0.2) is 57.5 Å². The highest BCUT2D eigenvalue weighted by Crippen LogP contribution is 2.26. The number of aryl methyl sites for hydroxylation is 1. The summed E-state index contributed by atoms with van der Waals surface area (Å²) in [7, 11) is 0. The van der Waals surface area contributed by atoms with E-state index in [2.05, 4.69) is 30.9 Å². The summed E-state index contributed by atoms with van der Waals surface area (Å²) >= 11 is 3.49. The van der Waals surface area contributed by atoms with Gasteiger partial charge in [-0.15, -0.1) is 0 Å². The Balaban J connectivity index is 1.75. The number of piperazine rings is 1. The van der Waals surface area contributed by atoms with E-state index in [1.807, 2.05) is 50.8 Å². The van der Waals surface area contributed by atoms with Gasteiger partial charge in [-0.2, -0.15) is 5.10 Å². The summed E-state index contributed by atoms with van der Waals surface area (Å²) in [5.41, 5.74) is 1.52. The van der Waals surface area contributed by atoms with E-state index in [1.165, 1.54) is 0 Å². The molecule has 0 spiro atoms. The molecule has 2 aromatic heterocycles. The zero-order chi connectivity index (χ0) is 18.9. The third-order valence-corrected chi connectivity index (χ3v) is 4.44. The summed E-state index contributed by atoms with van der Waals surface area (Å²) in [6, 6.07) is 2.01. The van der Waals surface area contributed by atoms with E-state index in [0.29, 0.717) is 26.2 Å². The molecule has 0 aromatic carbocycles. The van der Waals surface area contributed by atoms with Crippen LogP contribution in [0.3, 0.4) is 0 Å². The number of amides is 1. The zero-order valence-electron chi connectivity index (χ0n) is 15.6. The maximum absolute atomic E-state index is 12.2. The zero-order valence-corrected chi connectivity index (χ0v) is 17.2. The van der Waals surface area contributed by atoms with Crippen LogP contribution in [0.25, 0.3) is 5.69 Å². The maximum atomic E-state index is 12.2. The molecule has 0 atom stereocenters. The number of halogens is 1. The Labute approximate surface area is 162 Å². The fourth-order valence-corrected chi connectivity index (χ4v) is 3.12. The van der Waals surface area contributed by atoms with E-state index in [1.54, 1.807) is 11.1 Å². The molecule has 8 heteroatoms. The van der Waals surface area contributed by atoms with Crippen LogP contribution in [0.4, 0.5) is 10.6 Å². The molecule has 0 saturated carbocycles. The summed E-state index contributed by atoms with van der Waals surface area (Å²) in [6.07, 6.45) is 5.33. The maximum Gasteiger partial charge on any atom is 0.410 e. The second kappa shape index (κ2) is 7.26. The number of rotatable bonds is 2. The lowest BCUT2D eigenvalue weighted by atomic mass is 10.2. The Hall–Kier alpha value is -2.09. The van der Waals surface area contributed by atoms with Gasteiger partial charge in [-0.25, -0.2) is 14.5 Å². The smallest absolute Gasteiger partial charge is 0.410 e. The Kier molecular flexibility index (Phi) is 5.22. The van der Waals surface area contributed by atoms with Crippen molar-refractivity contribution in [3.63, 3.8) is 0 Å². The van der Waals surface area contributed by atoms with E-state index in [4.69, 9.17) is 4.74 Å². The van der Waals surface area contributed by atoms with Gasteiger partial charge in [0.15, 0.2) is 5.82 Å². The molecule has 140 valence electrons. The van der Waals surface area contributed by atoms with E-state index in [0.717, 1.165) is 21.5 Å². The van der Waals surface area contributed by atoms with Crippen LogP contribution in [0.1, 0.15) is 26.3 Å². The monoisotopic (exact) mass is 421 g/mol. The molecule has 0 N–H and O–H groups in total. The Morgan fingerprint density at radius 1 is 1.19 bits per heavy atom. The number of anilines is 1. The van der Waals surface area contributed by atoms with Crippen molar-refractivity contribution in [3.8, 4) is 5.69 Å². The van der Waals surface area contributed by atoms with Crippen molar-refractivity contribution in [2.45, 2.75) is 33.3 Å². The van der Waals surface area contributed by atoms with E-state index >= 15 is 0 Å². The van der Waals surface area contributed by atoms with E-state index in [-0.39, 0.29) is 6.09 Å². The van der Waals surface area contributed by atoms with Gasteiger partial charge < -0.3 is 14.5 Å². The first-order valence-electron chi connectivity index (χ1n) is 8.63. The number of hydrogen-bond acceptors (Lipinski definition) is 5. The van der Waals surface area contributed by atoms with E-state index < -0.39 is 5.60 Å². The molecule has 1 aliphatic rings. The van der Waals surface area contributed by atoms with Crippen LogP contribution in [-0.2, 0) is 4.74 Å². The summed E-state index contributed by atoms with van der Waals surface area (Å²) in [5.74, 6) is 0.861. The molecular weight excluding hydrogens is 398 g/mol. The predicted octanol–water partition coefficient (Wildman–Crippen LogP) is 3.40. The van der Waals surface area contributed by atoms with Crippen molar-refractivity contribution in [3.05, 3.63) is 34.7 Å². The van der Waals surface area contributed by atoms with Crippen molar-refractivity contribution >= 4 is 27.8 Å². The van der Waals surface area contributed by atoms with Gasteiger partial charge in [-0.05, 0) is 55.3 Å². The molecule has 7 nitrogen and oxygen atoms in total. The molecular formula is C18H24BrN5O2. The summed E-state index contributed by atoms with van der Waals surface area (Å²) in [5, 5.41) is 4.41. The average Bonchev–Trinajstić information content (AvgIpc) is 3.00. The molecule has 1 fully saturated rings. The van der Waals surface area contributed by atoms with Gasteiger partial charge in [0.05, 0.1) is 6.20 Å². The molecule has 0 radical (unpaired) electrons. The average molecular weight is 422 g/mol. The van der Waals surface area contributed by atoms with Gasteiger partial charge in [-0.3, -0.25) is 0 Å². The van der Waals surface area contributed by atoms with Crippen molar-refractivity contribution in [1.82, 2.24) is 19.7 Å². The second-order valence-corrected chi connectivity index (χ2v) is 8.33. The van der Waals surface area contributed by atoms with Crippen molar-refractivity contribution in [2.24, 2.45) is 0 Å². The Morgan fingerprint density at radius 3 is 2.46 bits per heavy atom. The third kappa shape index (κ3) is 4.35. The quantitative estimate of drug-likeness (QED) is 0.743. The SMILES string of the molecule is Cc1cnn(-c2cc(Br)cnc2N2CCN(C(=O)OC(C)(C)C)CC2)c1.